The molecule has 21 heavy (non-hydrogen) atoms. The largest absolute Gasteiger partial charge is 0.504 e. The van der Waals surface area contributed by atoms with E-state index in [1.807, 2.05) is 0 Å². The number of phenolic OH excluding ortho intramolecular Hbond substituents is 3. The van der Waals surface area contributed by atoms with Crippen LogP contribution in [-0.2, 0) is 0 Å². The number of rotatable bonds is 3. The summed E-state index contributed by atoms with van der Waals surface area (Å²) in [6.45, 7) is 1.65. The first-order chi connectivity index (χ1) is 9.86. The van der Waals surface area contributed by atoms with E-state index >= 15 is 0 Å². The highest BCUT2D eigenvalue weighted by Crippen LogP contribution is 2.38. The molecule has 0 spiro atoms. The van der Waals surface area contributed by atoms with Gasteiger partial charge in [-0.2, -0.15) is 0 Å². The third-order valence-electron chi connectivity index (χ3n) is 3.09. The quantitative estimate of drug-likeness (QED) is 0.583. The summed E-state index contributed by atoms with van der Waals surface area (Å²) in [5.74, 6) is -0.960. The predicted molar refractivity (Wildman–Crippen MR) is 80.3 cm³/mol. The molecular weight excluding hydrogens is 340 g/mol. The van der Waals surface area contributed by atoms with Crippen LogP contribution in [0.25, 0.3) is 0 Å². The summed E-state index contributed by atoms with van der Waals surface area (Å²) in [6, 6.07) is 5.33. The van der Waals surface area contributed by atoms with Crippen LogP contribution < -0.4 is 4.74 Å². The van der Waals surface area contributed by atoms with E-state index in [0.29, 0.717) is 10.0 Å². The van der Waals surface area contributed by atoms with Gasteiger partial charge >= 0.3 is 0 Å². The first kappa shape index (κ1) is 15.2. The van der Waals surface area contributed by atoms with E-state index in [1.54, 1.807) is 6.92 Å². The van der Waals surface area contributed by atoms with Gasteiger partial charge in [-0.3, -0.25) is 4.79 Å². The Morgan fingerprint density at radius 1 is 1.05 bits per heavy atom. The normalized spacial score (nSPS) is 10.4. The standard InChI is InChI=1S/C15H13BrO5/c1-7-5-11(18)12(19)6-9(7)14(20)8-3-4-10(17)15(21-2)13(8)16/h3-6,17-19H,1-2H3. The molecule has 0 radical (unpaired) electrons. The Balaban J connectivity index is 2.58. The number of ether oxygens (including phenoxy) is 1. The van der Waals surface area contributed by atoms with E-state index in [0.717, 1.165) is 0 Å². The van der Waals surface area contributed by atoms with Crippen molar-refractivity contribution in [2.24, 2.45) is 0 Å². The Morgan fingerprint density at radius 2 is 1.67 bits per heavy atom. The second-order valence-electron chi connectivity index (χ2n) is 4.46. The van der Waals surface area contributed by atoms with E-state index in [2.05, 4.69) is 15.9 Å². The van der Waals surface area contributed by atoms with Gasteiger partial charge in [0.2, 0.25) is 0 Å². The molecule has 0 aromatic heterocycles. The Kier molecular flexibility index (Phi) is 4.09. The van der Waals surface area contributed by atoms with Crippen molar-refractivity contribution < 1.29 is 24.9 Å². The molecule has 0 unspecified atom stereocenters. The van der Waals surface area contributed by atoms with E-state index in [4.69, 9.17) is 4.74 Å². The predicted octanol–water partition coefficient (Wildman–Crippen LogP) is 3.11. The van der Waals surface area contributed by atoms with Crippen molar-refractivity contribution in [3.8, 4) is 23.0 Å². The number of aryl methyl sites for hydroxylation is 1. The monoisotopic (exact) mass is 352 g/mol. The van der Waals surface area contributed by atoms with E-state index in [1.165, 1.54) is 31.4 Å². The Bertz CT molecular complexity index is 724. The maximum atomic E-state index is 12.6. The fourth-order valence-electron chi connectivity index (χ4n) is 1.99. The molecule has 3 N–H and O–H groups in total. The lowest BCUT2D eigenvalue weighted by molar-refractivity contribution is 0.103. The molecule has 0 saturated heterocycles. The molecule has 110 valence electrons. The second kappa shape index (κ2) is 5.65. The van der Waals surface area contributed by atoms with Crippen molar-refractivity contribution >= 4 is 21.7 Å². The highest BCUT2D eigenvalue weighted by atomic mass is 79.9. The van der Waals surface area contributed by atoms with Crippen LogP contribution in [0.4, 0.5) is 0 Å². The molecule has 0 fully saturated rings. The van der Waals surface area contributed by atoms with Crippen molar-refractivity contribution in [2.45, 2.75) is 6.92 Å². The van der Waals surface area contributed by atoms with Gasteiger partial charge in [-0.05, 0) is 52.7 Å². The van der Waals surface area contributed by atoms with E-state index in [9.17, 15) is 20.1 Å². The highest BCUT2D eigenvalue weighted by molar-refractivity contribution is 9.10. The van der Waals surface area contributed by atoms with Crippen LogP contribution in [-0.4, -0.2) is 28.2 Å². The first-order valence-corrected chi connectivity index (χ1v) is 6.78. The van der Waals surface area contributed by atoms with E-state index < -0.39 is 0 Å². The van der Waals surface area contributed by atoms with Gasteiger partial charge in [-0.1, -0.05) is 0 Å². The zero-order valence-corrected chi connectivity index (χ0v) is 12.9. The molecule has 6 heteroatoms. The average molecular weight is 353 g/mol. The highest BCUT2D eigenvalue weighted by Gasteiger charge is 2.20. The molecule has 0 aliphatic rings. The van der Waals surface area contributed by atoms with Crippen LogP contribution in [0, 0.1) is 6.92 Å². The smallest absolute Gasteiger partial charge is 0.194 e. The fourth-order valence-corrected chi connectivity index (χ4v) is 2.66. The number of ketones is 1. The third-order valence-corrected chi connectivity index (χ3v) is 3.88. The van der Waals surface area contributed by atoms with Gasteiger partial charge < -0.3 is 20.1 Å². The van der Waals surface area contributed by atoms with Gasteiger partial charge in [0.25, 0.3) is 0 Å². The van der Waals surface area contributed by atoms with Crippen molar-refractivity contribution in [1.82, 2.24) is 0 Å². The van der Waals surface area contributed by atoms with E-state index in [-0.39, 0.29) is 39.9 Å². The van der Waals surface area contributed by atoms with Crippen LogP contribution in [0.3, 0.4) is 0 Å². The number of aromatic hydroxyl groups is 3. The molecule has 5 nitrogen and oxygen atoms in total. The molecule has 0 aliphatic carbocycles. The number of carbonyl (C=O) groups is 1. The third kappa shape index (κ3) is 2.67. The van der Waals surface area contributed by atoms with Crippen molar-refractivity contribution in [3.05, 3.63) is 45.4 Å². The minimum Gasteiger partial charge on any atom is -0.504 e. The zero-order valence-electron chi connectivity index (χ0n) is 11.3. The maximum absolute atomic E-state index is 12.6. The van der Waals surface area contributed by atoms with Gasteiger partial charge in [-0.15, -0.1) is 0 Å². The average Bonchev–Trinajstić information content (AvgIpc) is 2.43. The summed E-state index contributed by atoms with van der Waals surface area (Å²) in [5.41, 5.74) is 1.05. The Morgan fingerprint density at radius 3 is 2.29 bits per heavy atom. The molecule has 0 amide bonds. The molecule has 0 bridgehead atoms. The van der Waals surface area contributed by atoms with Crippen LogP contribution in [0.1, 0.15) is 21.5 Å². The molecule has 0 heterocycles. The number of halogens is 1. The summed E-state index contributed by atoms with van der Waals surface area (Å²) in [4.78, 5) is 12.6. The van der Waals surface area contributed by atoms with Gasteiger partial charge in [0, 0.05) is 11.1 Å². The minimum atomic E-state index is -0.370. The van der Waals surface area contributed by atoms with Crippen molar-refractivity contribution in [1.29, 1.82) is 0 Å². The number of methoxy groups -OCH3 is 1. The molecular formula is C15H13BrO5. The Hall–Kier alpha value is -2.21. The molecule has 2 rings (SSSR count). The Labute approximate surface area is 129 Å². The van der Waals surface area contributed by atoms with Crippen LogP contribution in [0.2, 0.25) is 0 Å². The van der Waals surface area contributed by atoms with Gasteiger partial charge in [0.1, 0.15) is 0 Å². The minimum absolute atomic E-state index is 0.0915. The number of carbonyl (C=O) groups excluding carboxylic acids is 1. The summed E-state index contributed by atoms with van der Waals surface area (Å²) in [6.07, 6.45) is 0. The fraction of sp³-hybridized carbons (Fsp3) is 0.133. The summed E-state index contributed by atoms with van der Waals surface area (Å²) >= 11 is 3.23. The molecule has 2 aromatic carbocycles. The molecule has 0 saturated carbocycles. The number of phenols is 3. The molecule has 0 atom stereocenters. The maximum Gasteiger partial charge on any atom is 0.194 e. The van der Waals surface area contributed by atoms with Crippen LogP contribution in [0.5, 0.6) is 23.0 Å². The topological polar surface area (TPSA) is 87.0 Å². The van der Waals surface area contributed by atoms with Crippen molar-refractivity contribution in [3.63, 3.8) is 0 Å². The van der Waals surface area contributed by atoms with Crippen molar-refractivity contribution in [2.75, 3.05) is 7.11 Å². The zero-order chi connectivity index (χ0) is 15.7. The number of hydrogen-bond donors (Lipinski definition) is 3. The SMILES string of the molecule is COc1c(O)ccc(C(=O)c2cc(O)c(O)cc2C)c1Br. The first-order valence-electron chi connectivity index (χ1n) is 5.99. The van der Waals surface area contributed by atoms with Gasteiger partial charge in [0.05, 0.1) is 11.6 Å². The van der Waals surface area contributed by atoms with Crippen LogP contribution in [0.15, 0.2) is 28.7 Å². The summed E-state index contributed by atoms with van der Waals surface area (Å²) in [7, 11) is 1.38. The summed E-state index contributed by atoms with van der Waals surface area (Å²) in [5, 5.41) is 28.6. The van der Waals surface area contributed by atoms with Crippen LogP contribution >= 0.6 is 15.9 Å². The second-order valence-corrected chi connectivity index (χ2v) is 5.26. The lowest BCUT2D eigenvalue weighted by Gasteiger charge is -2.12. The van der Waals surface area contributed by atoms with Gasteiger partial charge in [0.15, 0.2) is 28.8 Å². The summed E-state index contributed by atoms with van der Waals surface area (Å²) < 4.78 is 5.36. The lowest BCUT2D eigenvalue weighted by atomic mass is 9.98. The lowest BCUT2D eigenvalue weighted by Crippen LogP contribution is -2.05. The number of hydrogen-bond acceptors (Lipinski definition) is 5. The number of benzene rings is 2. The van der Waals surface area contributed by atoms with Gasteiger partial charge in [-0.25, -0.2) is 0 Å². The molecule has 0 aliphatic heterocycles. The molecule has 2 aromatic rings.